The first-order chi connectivity index (χ1) is 10.8. The van der Waals surface area contributed by atoms with Crippen molar-refractivity contribution in [3.05, 3.63) is 17.7 Å². The van der Waals surface area contributed by atoms with Crippen molar-refractivity contribution in [2.45, 2.75) is 13.3 Å². The van der Waals surface area contributed by atoms with E-state index in [0.717, 1.165) is 12.0 Å². The smallest absolute Gasteiger partial charge is 0.327 e. The van der Waals surface area contributed by atoms with Crippen molar-refractivity contribution in [1.82, 2.24) is 5.32 Å². The van der Waals surface area contributed by atoms with Crippen LogP contribution < -0.4 is 21.1 Å². The number of aryl methyl sites for hydroxylation is 1. The van der Waals surface area contributed by atoms with Gasteiger partial charge in [-0.25, -0.2) is 0 Å². The normalized spacial score (nSPS) is 16.1. The molecule has 0 fully saturated rings. The van der Waals surface area contributed by atoms with Gasteiger partial charge in [0.2, 0.25) is 5.17 Å². The molecule has 5 N–H and O–H groups in total. The average Bonchev–Trinajstić information content (AvgIpc) is 3.01. The van der Waals surface area contributed by atoms with Gasteiger partial charge in [-0.05, 0) is 24.1 Å². The number of fused-ring (bicyclic) bond motifs is 1. The maximum absolute atomic E-state index is 11.0. The second-order valence-electron chi connectivity index (χ2n) is 4.83. The van der Waals surface area contributed by atoms with Crippen LogP contribution in [0.15, 0.2) is 17.1 Å². The Morgan fingerprint density at radius 3 is 2.70 bits per heavy atom. The fourth-order valence-electron chi connectivity index (χ4n) is 2.04. The van der Waals surface area contributed by atoms with Crippen molar-refractivity contribution in [3.63, 3.8) is 0 Å². The lowest BCUT2D eigenvalue weighted by Gasteiger charge is -2.19. The van der Waals surface area contributed by atoms with Crippen molar-refractivity contribution >= 4 is 32.6 Å². The molecule has 2 aliphatic rings. The van der Waals surface area contributed by atoms with Crippen molar-refractivity contribution in [3.8, 4) is 5.75 Å². The summed E-state index contributed by atoms with van der Waals surface area (Å²) in [5, 5.41) is 4.80. The first-order valence-electron chi connectivity index (χ1n) is 6.92. The van der Waals surface area contributed by atoms with Gasteiger partial charge < -0.3 is 21.1 Å². The number of rotatable bonds is 1. The molecule has 0 saturated heterocycles. The van der Waals surface area contributed by atoms with Gasteiger partial charge in [-0.3, -0.25) is 14.3 Å². The number of anilines is 2. The van der Waals surface area contributed by atoms with Crippen LogP contribution >= 0.6 is 0 Å². The number of ether oxygens (including phenoxy) is 1. The van der Waals surface area contributed by atoms with Crippen LogP contribution in [0.2, 0.25) is 0 Å². The van der Waals surface area contributed by atoms with Gasteiger partial charge in [0.25, 0.3) is 5.91 Å². The Hall–Kier alpha value is -2.33. The number of nitrogen functional groups attached to an aromatic ring is 1. The van der Waals surface area contributed by atoms with E-state index < -0.39 is 10.1 Å². The van der Waals surface area contributed by atoms with Crippen molar-refractivity contribution in [2.75, 3.05) is 30.7 Å². The molecule has 9 nitrogen and oxygen atoms in total. The predicted molar refractivity (Wildman–Crippen MR) is 86.2 cm³/mol. The first-order valence-corrected chi connectivity index (χ1v) is 8.36. The molecule has 0 unspecified atom stereocenters. The number of nitrogens with two attached hydrogens (primary N) is 1. The molecule has 10 heteroatoms. The lowest BCUT2D eigenvalue weighted by atomic mass is 10.1. The SMILES string of the molecule is CCc1cc2c(cc1N)NC(=O)CO2.O=S(=O)(O)C1=NCCN1. The van der Waals surface area contributed by atoms with Crippen LogP contribution in [0.5, 0.6) is 5.75 Å². The van der Waals surface area contributed by atoms with Gasteiger partial charge in [0.1, 0.15) is 5.75 Å². The molecule has 0 saturated carbocycles. The van der Waals surface area contributed by atoms with E-state index in [-0.39, 0.29) is 17.7 Å². The quantitative estimate of drug-likeness (QED) is 0.415. The molecule has 0 bridgehead atoms. The van der Waals surface area contributed by atoms with E-state index in [1.807, 2.05) is 13.0 Å². The maximum Gasteiger partial charge on any atom is 0.327 e. The molecule has 0 atom stereocenters. The molecule has 0 radical (unpaired) electrons. The molecule has 1 amide bonds. The molecule has 3 rings (SSSR count). The van der Waals surface area contributed by atoms with Gasteiger partial charge in [0, 0.05) is 12.2 Å². The molecule has 0 aromatic heterocycles. The highest BCUT2D eigenvalue weighted by Gasteiger charge is 2.18. The summed E-state index contributed by atoms with van der Waals surface area (Å²) in [6, 6.07) is 3.62. The van der Waals surface area contributed by atoms with E-state index in [2.05, 4.69) is 15.6 Å². The van der Waals surface area contributed by atoms with Gasteiger partial charge in [0.05, 0.1) is 12.2 Å². The summed E-state index contributed by atoms with van der Waals surface area (Å²) >= 11 is 0. The second kappa shape index (κ2) is 6.84. The van der Waals surface area contributed by atoms with Crippen LogP contribution in [-0.4, -0.2) is 43.7 Å². The third-order valence-corrected chi connectivity index (χ3v) is 3.91. The standard InChI is InChI=1S/C10H12N2O2.C3H6N2O3S/c1-2-6-3-9-8(4-7(6)11)12-10(13)5-14-9;6-9(7,8)3-4-1-2-5-3/h3-4H,2,5,11H2,1H3,(H,12,13);1-2H2,(H,4,5)(H,6,7,8). The van der Waals surface area contributed by atoms with E-state index in [9.17, 15) is 13.2 Å². The van der Waals surface area contributed by atoms with Gasteiger partial charge >= 0.3 is 10.1 Å². The number of hydrogen-bond donors (Lipinski definition) is 4. The maximum atomic E-state index is 11.0. The monoisotopic (exact) mass is 342 g/mol. The zero-order valence-electron chi connectivity index (χ0n) is 12.5. The number of benzene rings is 1. The third kappa shape index (κ3) is 4.33. The number of nitrogens with zero attached hydrogens (tertiary/aromatic N) is 1. The summed E-state index contributed by atoms with van der Waals surface area (Å²) in [6.45, 7) is 3.00. The van der Waals surface area contributed by atoms with E-state index in [4.69, 9.17) is 15.0 Å². The molecule has 23 heavy (non-hydrogen) atoms. The van der Waals surface area contributed by atoms with Gasteiger partial charge in [-0.15, -0.1) is 0 Å². The first kappa shape index (κ1) is 17.0. The Morgan fingerprint density at radius 1 is 1.43 bits per heavy atom. The Morgan fingerprint density at radius 2 is 2.17 bits per heavy atom. The van der Waals surface area contributed by atoms with Gasteiger partial charge in [-0.1, -0.05) is 6.92 Å². The van der Waals surface area contributed by atoms with Gasteiger partial charge in [0.15, 0.2) is 6.61 Å². The number of amidine groups is 1. The van der Waals surface area contributed by atoms with Crippen molar-refractivity contribution in [2.24, 2.45) is 4.99 Å². The summed E-state index contributed by atoms with van der Waals surface area (Å²) in [4.78, 5) is 14.5. The summed E-state index contributed by atoms with van der Waals surface area (Å²) in [6.07, 6.45) is 0.858. The molecule has 0 spiro atoms. The topological polar surface area (TPSA) is 143 Å². The Kier molecular flexibility index (Phi) is 5.06. The van der Waals surface area contributed by atoms with Crippen LogP contribution in [0.4, 0.5) is 11.4 Å². The molecule has 126 valence electrons. The lowest BCUT2D eigenvalue weighted by Crippen LogP contribution is -2.26. The number of carbonyl (C=O) groups is 1. The Bertz CT molecular complexity index is 745. The van der Waals surface area contributed by atoms with E-state index in [0.29, 0.717) is 30.2 Å². The summed E-state index contributed by atoms with van der Waals surface area (Å²) in [5.41, 5.74) is 8.19. The Balaban J connectivity index is 0.000000185. The van der Waals surface area contributed by atoms with Crippen molar-refractivity contribution < 1.29 is 22.5 Å². The third-order valence-electron chi connectivity index (χ3n) is 3.14. The highest BCUT2D eigenvalue weighted by molar-refractivity contribution is 8.01. The summed E-state index contributed by atoms with van der Waals surface area (Å²) in [5.74, 6) is 0.566. The van der Waals surface area contributed by atoms with Crippen LogP contribution in [0, 0.1) is 0 Å². The fraction of sp³-hybridized carbons (Fsp3) is 0.385. The van der Waals surface area contributed by atoms with E-state index in [1.165, 1.54) is 0 Å². The fourth-order valence-corrected chi connectivity index (χ4v) is 2.58. The van der Waals surface area contributed by atoms with Gasteiger partial charge in [-0.2, -0.15) is 8.42 Å². The number of amides is 1. The minimum absolute atomic E-state index is 0.0834. The molecule has 2 heterocycles. The average molecular weight is 342 g/mol. The molecule has 0 aliphatic carbocycles. The zero-order chi connectivity index (χ0) is 17.0. The number of carbonyl (C=O) groups excluding carboxylic acids is 1. The van der Waals surface area contributed by atoms with Crippen LogP contribution in [0.25, 0.3) is 0 Å². The summed E-state index contributed by atoms with van der Waals surface area (Å²) in [7, 11) is -4.06. The van der Waals surface area contributed by atoms with E-state index >= 15 is 0 Å². The molecular formula is C13H18N4O5S. The van der Waals surface area contributed by atoms with Crippen LogP contribution in [0.1, 0.15) is 12.5 Å². The summed E-state index contributed by atoms with van der Waals surface area (Å²) < 4.78 is 34.0. The minimum Gasteiger partial charge on any atom is -0.482 e. The zero-order valence-corrected chi connectivity index (χ0v) is 13.3. The van der Waals surface area contributed by atoms with Crippen LogP contribution in [0.3, 0.4) is 0 Å². The largest absolute Gasteiger partial charge is 0.482 e. The highest BCUT2D eigenvalue weighted by atomic mass is 32.2. The Labute approximate surface area is 133 Å². The predicted octanol–water partition coefficient (Wildman–Crippen LogP) is -0.00450. The molecule has 1 aromatic rings. The number of nitrogens with one attached hydrogen (secondary N) is 2. The molecule has 2 aliphatic heterocycles. The molecular weight excluding hydrogens is 324 g/mol. The second-order valence-corrected chi connectivity index (χ2v) is 6.16. The van der Waals surface area contributed by atoms with Crippen molar-refractivity contribution in [1.29, 1.82) is 0 Å². The minimum atomic E-state index is -4.06. The van der Waals surface area contributed by atoms with Crippen LogP contribution in [-0.2, 0) is 21.3 Å². The number of aliphatic imine (C=N–C) groups is 1. The van der Waals surface area contributed by atoms with E-state index in [1.54, 1.807) is 6.07 Å². The highest BCUT2D eigenvalue weighted by Crippen LogP contribution is 2.32. The number of hydrogen-bond acceptors (Lipinski definition) is 7. The molecule has 1 aromatic carbocycles. The lowest BCUT2D eigenvalue weighted by molar-refractivity contribution is -0.118.